The van der Waals surface area contributed by atoms with E-state index in [0.717, 1.165) is 6.42 Å². The van der Waals surface area contributed by atoms with Crippen LogP contribution < -0.4 is 16.2 Å². The SMILES string of the molecule is CCCn1ncc(NC(C)C(=O)NC(C)C)c(Cl)c1=O. The Labute approximate surface area is 123 Å². The molecular formula is C13H21ClN4O2. The van der Waals surface area contributed by atoms with E-state index >= 15 is 0 Å². The van der Waals surface area contributed by atoms with E-state index in [1.54, 1.807) is 6.92 Å². The second-order valence-electron chi connectivity index (χ2n) is 4.93. The quantitative estimate of drug-likeness (QED) is 0.837. The summed E-state index contributed by atoms with van der Waals surface area (Å²) in [6, 6.07) is -0.448. The Morgan fingerprint density at radius 1 is 1.45 bits per heavy atom. The second kappa shape index (κ2) is 7.28. The van der Waals surface area contributed by atoms with Crippen molar-refractivity contribution in [1.29, 1.82) is 0 Å². The van der Waals surface area contributed by atoms with Crippen LogP contribution in [0.3, 0.4) is 0 Å². The van der Waals surface area contributed by atoms with Crippen molar-refractivity contribution in [2.45, 2.75) is 52.7 Å². The molecule has 0 aliphatic heterocycles. The van der Waals surface area contributed by atoms with Crippen molar-refractivity contribution in [3.63, 3.8) is 0 Å². The summed E-state index contributed by atoms with van der Waals surface area (Å²) in [5.74, 6) is -0.159. The Bertz CT molecular complexity index is 528. The molecule has 112 valence electrons. The normalized spacial score (nSPS) is 12.3. The molecule has 1 heterocycles. The maximum atomic E-state index is 11.9. The van der Waals surface area contributed by atoms with Gasteiger partial charge in [0.2, 0.25) is 5.91 Å². The van der Waals surface area contributed by atoms with E-state index in [9.17, 15) is 9.59 Å². The van der Waals surface area contributed by atoms with Gasteiger partial charge in [0.1, 0.15) is 11.1 Å². The zero-order valence-electron chi connectivity index (χ0n) is 12.2. The fourth-order valence-electron chi connectivity index (χ4n) is 1.65. The lowest BCUT2D eigenvalue weighted by atomic mass is 10.2. The van der Waals surface area contributed by atoms with E-state index in [1.807, 2.05) is 20.8 Å². The standard InChI is InChI=1S/C13H21ClN4O2/c1-5-6-18-13(20)11(14)10(7-15-18)17-9(4)12(19)16-8(2)3/h7-9,17H,5-6H2,1-4H3,(H,16,19). The highest BCUT2D eigenvalue weighted by Gasteiger charge is 2.16. The van der Waals surface area contributed by atoms with Gasteiger partial charge in [0.05, 0.1) is 11.9 Å². The number of aromatic nitrogens is 2. The number of nitrogens with zero attached hydrogens (tertiary/aromatic N) is 2. The highest BCUT2D eigenvalue weighted by molar-refractivity contribution is 6.33. The molecule has 1 aromatic heterocycles. The Morgan fingerprint density at radius 3 is 2.65 bits per heavy atom. The Balaban J connectivity index is 2.86. The van der Waals surface area contributed by atoms with Crippen LogP contribution in [-0.2, 0) is 11.3 Å². The molecule has 0 saturated heterocycles. The highest BCUT2D eigenvalue weighted by atomic mass is 35.5. The molecule has 6 nitrogen and oxygen atoms in total. The predicted molar refractivity (Wildman–Crippen MR) is 80.2 cm³/mol. The number of carbonyl (C=O) groups is 1. The van der Waals surface area contributed by atoms with Gasteiger partial charge in [-0.3, -0.25) is 9.59 Å². The van der Waals surface area contributed by atoms with Gasteiger partial charge in [-0.2, -0.15) is 5.10 Å². The average Bonchev–Trinajstić information content (AvgIpc) is 2.37. The third-order valence-corrected chi connectivity index (χ3v) is 2.98. The molecule has 7 heteroatoms. The van der Waals surface area contributed by atoms with Crippen LogP contribution in [-0.4, -0.2) is 27.8 Å². The number of hydrogen-bond acceptors (Lipinski definition) is 4. The minimum atomic E-state index is -0.502. The van der Waals surface area contributed by atoms with Crippen LogP contribution in [0, 0.1) is 0 Å². The van der Waals surface area contributed by atoms with Gasteiger partial charge in [0.15, 0.2) is 0 Å². The third-order valence-electron chi connectivity index (χ3n) is 2.62. The van der Waals surface area contributed by atoms with Gasteiger partial charge in [0.25, 0.3) is 5.56 Å². The van der Waals surface area contributed by atoms with Crippen LogP contribution in [0.25, 0.3) is 0 Å². The first-order chi connectivity index (χ1) is 9.36. The van der Waals surface area contributed by atoms with Gasteiger partial charge in [-0.15, -0.1) is 0 Å². The van der Waals surface area contributed by atoms with Crippen LogP contribution in [0.2, 0.25) is 5.02 Å². The average molecular weight is 301 g/mol. The number of amides is 1. The maximum Gasteiger partial charge on any atom is 0.287 e. The van der Waals surface area contributed by atoms with Crippen molar-refractivity contribution >= 4 is 23.2 Å². The molecule has 0 fully saturated rings. The number of nitrogens with one attached hydrogen (secondary N) is 2. The number of rotatable bonds is 6. The van der Waals surface area contributed by atoms with Gasteiger partial charge < -0.3 is 10.6 Å². The monoisotopic (exact) mass is 300 g/mol. The van der Waals surface area contributed by atoms with Gasteiger partial charge in [-0.05, 0) is 27.2 Å². The summed E-state index contributed by atoms with van der Waals surface area (Å²) in [6.07, 6.45) is 2.27. The first-order valence-electron chi connectivity index (χ1n) is 6.69. The molecule has 0 aliphatic rings. The van der Waals surface area contributed by atoms with Crippen LogP contribution in [0.1, 0.15) is 34.1 Å². The van der Waals surface area contributed by atoms with E-state index in [2.05, 4.69) is 15.7 Å². The van der Waals surface area contributed by atoms with Gasteiger partial charge >= 0.3 is 0 Å². The minimum absolute atomic E-state index is 0.0534. The molecule has 0 aliphatic carbocycles. The van der Waals surface area contributed by atoms with Crippen LogP contribution >= 0.6 is 11.6 Å². The van der Waals surface area contributed by atoms with E-state index in [-0.39, 0.29) is 22.5 Å². The summed E-state index contributed by atoms with van der Waals surface area (Å²) < 4.78 is 1.31. The lowest BCUT2D eigenvalue weighted by Crippen LogP contribution is -2.41. The zero-order chi connectivity index (χ0) is 15.3. The Kier molecular flexibility index (Phi) is 6.01. The van der Waals surface area contributed by atoms with E-state index in [0.29, 0.717) is 12.2 Å². The summed E-state index contributed by atoms with van der Waals surface area (Å²) in [5.41, 5.74) is 0.0189. The lowest BCUT2D eigenvalue weighted by molar-refractivity contribution is -0.122. The topological polar surface area (TPSA) is 76.0 Å². The molecule has 1 aromatic rings. The smallest absolute Gasteiger partial charge is 0.287 e. The Morgan fingerprint density at radius 2 is 2.10 bits per heavy atom. The molecule has 1 unspecified atom stereocenters. The van der Waals surface area contributed by atoms with Crippen molar-refractivity contribution in [3.8, 4) is 0 Å². The summed E-state index contributed by atoms with van der Waals surface area (Å²) in [7, 11) is 0. The molecule has 0 radical (unpaired) electrons. The van der Waals surface area contributed by atoms with E-state index < -0.39 is 6.04 Å². The van der Waals surface area contributed by atoms with Crippen molar-refractivity contribution in [1.82, 2.24) is 15.1 Å². The van der Waals surface area contributed by atoms with Gasteiger partial charge in [0, 0.05) is 12.6 Å². The number of halogens is 1. The molecule has 20 heavy (non-hydrogen) atoms. The highest BCUT2D eigenvalue weighted by Crippen LogP contribution is 2.16. The van der Waals surface area contributed by atoms with Gasteiger partial charge in [-0.1, -0.05) is 18.5 Å². The summed E-state index contributed by atoms with van der Waals surface area (Å²) in [6.45, 7) is 7.93. The molecule has 0 saturated carbocycles. The molecule has 1 amide bonds. The number of hydrogen-bond donors (Lipinski definition) is 2. The number of aryl methyl sites for hydroxylation is 1. The molecule has 0 spiro atoms. The first kappa shape index (κ1) is 16.5. The summed E-state index contributed by atoms with van der Waals surface area (Å²) >= 11 is 6.02. The van der Waals surface area contributed by atoms with Crippen molar-refractivity contribution in [2.75, 3.05) is 5.32 Å². The molecule has 0 aromatic carbocycles. The fraction of sp³-hybridized carbons (Fsp3) is 0.615. The third kappa shape index (κ3) is 4.23. The second-order valence-corrected chi connectivity index (χ2v) is 5.31. The minimum Gasteiger partial charge on any atom is -0.371 e. The summed E-state index contributed by atoms with van der Waals surface area (Å²) in [4.78, 5) is 23.7. The Hall–Kier alpha value is -1.56. The fourth-order valence-corrected chi connectivity index (χ4v) is 1.85. The summed E-state index contributed by atoms with van der Waals surface area (Å²) in [5, 5.41) is 9.77. The molecule has 1 rings (SSSR count). The molecule has 1 atom stereocenters. The van der Waals surface area contributed by atoms with Crippen LogP contribution in [0.15, 0.2) is 11.0 Å². The van der Waals surface area contributed by atoms with Crippen molar-refractivity contribution in [2.24, 2.45) is 0 Å². The number of carbonyl (C=O) groups excluding carboxylic acids is 1. The van der Waals surface area contributed by atoms with E-state index in [1.165, 1.54) is 10.9 Å². The van der Waals surface area contributed by atoms with Crippen LogP contribution in [0.5, 0.6) is 0 Å². The molecule has 2 N–H and O–H groups in total. The number of anilines is 1. The van der Waals surface area contributed by atoms with E-state index in [4.69, 9.17) is 11.6 Å². The predicted octanol–water partition coefficient (Wildman–Crippen LogP) is 1.63. The first-order valence-corrected chi connectivity index (χ1v) is 7.07. The van der Waals surface area contributed by atoms with Gasteiger partial charge in [-0.25, -0.2) is 4.68 Å². The van der Waals surface area contributed by atoms with Crippen molar-refractivity contribution in [3.05, 3.63) is 21.6 Å². The zero-order valence-corrected chi connectivity index (χ0v) is 13.0. The molecule has 0 bridgehead atoms. The maximum absolute atomic E-state index is 11.9. The van der Waals surface area contributed by atoms with Crippen LogP contribution in [0.4, 0.5) is 5.69 Å². The largest absolute Gasteiger partial charge is 0.371 e. The molecular weight excluding hydrogens is 280 g/mol. The lowest BCUT2D eigenvalue weighted by Gasteiger charge is -2.17. The van der Waals surface area contributed by atoms with Crippen molar-refractivity contribution < 1.29 is 4.79 Å².